The molecule has 2 aliphatic heterocycles. The average Bonchev–Trinajstić information content (AvgIpc) is 3.20. The lowest BCUT2D eigenvalue weighted by Crippen LogP contribution is -2.54. The van der Waals surface area contributed by atoms with Crippen molar-refractivity contribution in [3.05, 3.63) is 23.8 Å². The second kappa shape index (κ2) is 10.6. The number of aliphatic hydroxyl groups is 1. The number of amides is 1. The number of nitrogens with zero attached hydrogens (tertiary/aromatic N) is 2. The minimum absolute atomic E-state index is 0.131. The van der Waals surface area contributed by atoms with Crippen molar-refractivity contribution in [3.63, 3.8) is 0 Å². The molecule has 2 fully saturated rings. The number of esters is 1. The van der Waals surface area contributed by atoms with Gasteiger partial charge in [-0.15, -0.1) is 0 Å². The Morgan fingerprint density at radius 1 is 1.26 bits per heavy atom. The van der Waals surface area contributed by atoms with Crippen LogP contribution in [0.1, 0.15) is 40.0 Å². The van der Waals surface area contributed by atoms with Crippen molar-refractivity contribution in [2.75, 3.05) is 39.8 Å². The highest BCUT2D eigenvalue weighted by Gasteiger charge is 2.46. The van der Waals surface area contributed by atoms with E-state index in [1.54, 1.807) is 43.9 Å². The van der Waals surface area contributed by atoms with Crippen LogP contribution in [0.5, 0.6) is 0 Å². The number of allylic oxidation sites excluding steroid dienone is 1. The van der Waals surface area contributed by atoms with E-state index < -0.39 is 41.5 Å². The lowest BCUT2D eigenvalue weighted by atomic mass is 9.83. The first-order chi connectivity index (χ1) is 15.9. The zero-order chi connectivity index (χ0) is 25.1. The summed E-state index contributed by atoms with van der Waals surface area (Å²) < 4.78 is 11.2. The highest BCUT2D eigenvalue weighted by atomic mass is 16.6. The standard InChI is InChI=1S/C24H38N4O6/c1-23(2,3)33-21(31)18(25)13-16-5-7-24(8-6-16,20(30)19-14-17(29)15-26-19)34-22(32)28-11-9-27(4)10-12-28/h5-7,17-19,26,29H,8-15,25H2,1-4H3/t17-,18+,19+,24?/m1/s1. The molecule has 34 heavy (non-hydrogen) atoms. The number of hydrogen-bond acceptors (Lipinski definition) is 9. The van der Waals surface area contributed by atoms with E-state index in [9.17, 15) is 19.5 Å². The molecule has 3 rings (SSSR count). The van der Waals surface area contributed by atoms with Crippen molar-refractivity contribution in [2.24, 2.45) is 5.73 Å². The average molecular weight is 479 g/mol. The van der Waals surface area contributed by atoms with Crippen LogP contribution >= 0.6 is 0 Å². The molecule has 10 nitrogen and oxygen atoms in total. The first-order valence-corrected chi connectivity index (χ1v) is 11.9. The van der Waals surface area contributed by atoms with E-state index in [4.69, 9.17) is 15.2 Å². The van der Waals surface area contributed by atoms with E-state index in [0.29, 0.717) is 19.6 Å². The van der Waals surface area contributed by atoms with Crippen molar-refractivity contribution in [2.45, 2.75) is 69.4 Å². The number of ether oxygens (including phenoxy) is 2. The summed E-state index contributed by atoms with van der Waals surface area (Å²) in [5.74, 6) is -0.796. The predicted molar refractivity (Wildman–Crippen MR) is 126 cm³/mol. The molecule has 0 spiro atoms. The van der Waals surface area contributed by atoms with Crippen molar-refractivity contribution in [1.29, 1.82) is 0 Å². The molecule has 4 N–H and O–H groups in total. The van der Waals surface area contributed by atoms with Gasteiger partial charge in [0.05, 0.1) is 12.1 Å². The number of aliphatic hydroxyl groups excluding tert-OH is 1. The first-order valence-electron chi connectivity index (χ1n) is 11.9. The molecule has 3 aliphatic rings. The van der Waals surface area contributed by atoms with Gasteiger partial charge >= 0.3 is 12.1 Å². The fourth-order valence-electron chi connectivity index (χ4n) is 4.26. The van der Waals surface area contributed by atoms with Gasteiger partial charge < -0.3 is 35.4 Å². The molecule has 0 bridgehead atoms. The van der Waals surface area contributed by atoms with Gasteiger partial charge in [0.25, 0.3) is 0 Å². The summed E-state index contributed by atoms with van der Waals surface area (Å²) >= 11 is 0. The highest BCUT2D eigenvalue weighted by Crippen LogP contribution is 2.31. The van der Waals surface area contributed by atoms with E-state index in [0.717, 1.165) is 18.7 Å². The Kier molecular flexibility index (Phi) is 8.18. The number of nitrogens with two attached hydrogens (primary N) is 1. The molecule has 0 aromatic carbocycles. The van der Waals surface area contributed by atoms with E-state index >= 15 is 0 Å². The van der Waals surface area contributed by atoms with Crippen LogP contribution in [-0.4, -0.2) is 102 Å². The van der Waals surface area contributed by atoms with Gasteiger partial charge in [-0.1, -0.05) is 12.2 Å². The number of nitrogens with one attached hydrogen (secondary N) is 1. The number of hydrogen-bond donors (Lipinski definition) is 3. The molecule has 0 saturated carbocycles. The van der Waals surface area contributed by atoms with Crippen LogP contribution in [0.25, 0.3) is 0 Å². The highest BCUT2D eigenvalue weighted by molar-refractivity contribution is 5.96. The van der Waals surface area contributed by atoms with Gasteiger partial charge in [-0.25, -0.2) is 4.79 Å². The molecule has 2 saturated heterocycles. The fraction of sp³-hybridized carbons (Fsp3) is 0.708. The second-order valence-corrected chi connectivity index (χ2v) is 10.4. The monoisotopic (exact) mass is 478 g/mol. The Morgan fingerprint density at radius 2 is 1.94 bits per heavy atom. The maximum absolute atomic E-state index is 13.5. The maximum Gasteiger partial charge on any atom is 0.411 e. The largest absolute Gasteiger partial charge is 0.459 e. The van der Waals surface area contributed by atoms with Crippen molar-refractivity contribution < 1.29 is 29.0 Å². The molecule has 1 unspecified atom stereocenters. The molecule has 10 heteroatoms. The SMILES string of the molecule is CN1CCN(C(=O)OC2(C(=O)[C@@H]3C[C@@H](O)CN3)C=CC(C[C@H](N)C(=O)OC(C)(C)C)=CC2)CC1. The summed E-state index contributed by atoms with van der Waals surface area (Å²) in [7, 11) is 1.99. The van der Waals surface area contributed by atoms with Crippen molar-refractivity contribution in [3.8, 4) is 0 Å². The van der Waals surface area contributed by atoms with E-state index in [-0.39, 0.29) is 25.0 Å². The van der Waals surface area contributed by atoms with Crippen molar-refractivity contribution >= 4 is 17.8 Å². The number of rotatable bonds is 6. The molecular weight excluding hydrogens is 440 g/mol. The lowest BCUT2D eigenvalue weighted by Gasteiger charge is -2.37. The number of Topliss-reactive ketones (excluding diaryl/α,β-unsaturated/α-hetero) is 1. The number of piperazine rings is 1. The van der Waals surface area contributed by atoms with Gasteiger partial charge in [-0.3, -0.25) is 9.59 Å². The quantitative estimate of drug-likeness (QED) is 0.462. The van der Waals surface area contributed by atoms with Gasteiger partial charge in [-0.2, -0.15) is 0 Å². The molecular formula is C24H38N4O6. The normalized spacial score (nSPS) is 28.9. The summed E-state index contributed by atoms with van der Waals surface area (Å²) in [6.07, 6.45) is 4.54. The Bertz CT molecular complexity index is 843. The Balaban J connectivity index is 1.72. The van der Waals surface area contributed by atoms with Gasteiger partial charge in [0.2, 0.25) is 0 Å². The van der Waals surface area contributed by atoms with Crippen LogP contribution < -0.4 is 11.1 Å². The molecule has 0 radical (unpaired) electrons. The molecule has 4 atom stereocenters. The van der Waals surface area contributed by atoms with Crippen LogP contribution in [0.4, 0.5) is 4.79 Å². The number of likely N-dealkylation sites (N-methyl/N-ethyl adjacent to an activating group) is 1. The van der Waals surface area contributed by atoms with E-state index in [1.165, 1.54) is 0 Å². The molecule has 190 valence electrons. The minimum atomic E-state index is -1.48. The zero-order valence-electron chi connectivity index (χ0n) is 20.6. The third-order valence-corrected chi connectivity index (χ3v) is 6.27. The maximum atomic E-state index is 13.5. The predicted octanol–water partition coefficient (Wildman–Crippen LogP) is 0.347. The molecule has 1 aliphatic carbocycles. The van der Waals surface area contributed by atoms with Crippen LogP contribution in [-0.2, 0) is 19.1 Å². The van der Waals surface area contributed by atoms with E-state index in [1.807, 2.05) is 7.05 Å². The van der Waals surface area contributed by atoms with Gasteiger partial charge in [0.1, 0.15) is 11.6 Å². The van der Waals surface area contributed by atoms with Crippen LogP contribution in [0.2, 0.25) is 0 Å². The van der Waals surface area contributed by atoms with Crippen molar-refractivity contribution in [1.82, 2.24) is 15.1 Å². The summed E-state index contributed by atoms with van der Waals surface area (Å²) in [5, 5.41) is 12.9. The number of β-amino-alcohol motifs (C(OH)–C–C–N with tert-alkyl or cyclic N) is 1. The number of ketones is 1. The molecule has 0 aromatic rings. The second-order valence-electron chi connectivity index (χ2n) is 10.4. The van der Waals surface area contributed by atoms with E-state index in [2.05, 4.69) is 10.2 Å². The van der Waals surface area contributed by atoms with Crippen LogP contribution in [0.15, 0.2) is 23.8 Å². The van der Waals surface area contributed by atoms with Gasteiger partial charge in [0, 0.05) is 39.1 Å². The summed E-state index contributed by atoms with van der Waals surface area (Å²) in [5.41, 5.74) is 4.68. The number of carbonyl (C=O) groups is 3. The molecule has 0 aromatic heterocycles. The van der Waals surface area contributed by atoms with Gasteiger partial charge in [-0.05, 0) is 52.3 Å². The summed E-state index contributed by atoms with van der Waals surface area (Å²) in [6, 6.07) is -1.46. The minimum Gasteiger partial charge on any atom is -0.459 e. The zero-order valence-corrected chi connectivity index (χ0v) is 20.6. The summed E-state index contributed by atoms with van der Waals surface area (Å²) in [4.78, 5) is 42.4. The third-order valence-electron chi connectivity index (χ3n) is 6.27. The molecule has 1 amide bonds. The first kappa shape index (κ1) is 26.3. The Morgan fingerprint density at radius 3 is 2.47 bits per heavy atom. The topological polar surface area (TPSA) is 134 Å². The smallest absolute Gasteiger partial charge is 0.411 e. The Labute approximate surface area is 201 Å². The Hall–Kier alpha value is -2.27. The fourth-order valence-corrected chi connectivity index (χ4v) is 4.26. The summed E-state index contributed by atoms with van der Waals surface area (Å²) in [6.45, 7) is 8.16. The number of carbonyl (C=O) groups excluding carboxylic acids is 3. The van der Waals surface area contributed by atoms with Gasteiger partial charge in [0.15, 0.2) is 11.4 Å². The molecule has 2 heterocycles. The van der Waals surface area contributed by atoms with Crippen LogP contribution in [0.3, 0.4) is 0 Å². The third kappa shape index (κ3) is 6.65. The lowest BCUT2D eigenvalue weighted by molar-refractivity contribution is -0.156. The van der Waals surface area contributed by atoms with Crippen LogP contribution in [0, 0.1) is 0 Å².